The largest absolute Gasteiger partial charge is 0.355 e. The van der Waals surface area contributed by atoms with Crippen molar-refractivity contribution in [1.82, 2.24) is 10.6 Å². The van der Waals surface area contributed by atoms with Crippen LogP contribution in [0.2, 0.25) is 0 Å². The third-order valence-electron chi connectivity index (χ3n) is 3.80. The molecule has 2 N–H and O–H groups in total. The van der Waals surface area contributed by atoms with Crippen molar-refractivity contribution >= 4 is 5.91 Å². The molecule has 0 aromatic heterocycles. The third-order valence-corrected chi connectivity index (χ3v) is 3.80. The third kappa shape index (κ3) is 3.78. The zero-order valence-electron chi connectivity index (χ0n) is 11.1. The van der Waals surface area contributed by atoms with Crippen molar-refractivity contribution in [3.8, 4) is 0 Å². The van der Waals surface area contributed by atoms with Gasteiger partial charge in [0.25, 0.3) is 0 Å². The molecule has 1 aliphatic heterocycles. The van der Waals surface area contributed by atoms with Gasteiger partial charge in [0.05, 0.1) is 5.92 Å². The van der Waals surface area contributed by atoms with E-state index in [1.165, 1.54) is 0 Å². The first-order valence-corrected chi connectivity index (χ1v) is 6.47. The first kappa shape index (κ1) is 13.5. The average molecular weight is 226 g/mol. The van der Waals surface area contributed by atoms with Gasteiger partial charge in [0.1, 0.15) is 0 Å². The number of nitrogens with one attached hydrogen (secondary N) is 2. The second-order valence-electron chi connectivity index (χ2n) is 5.73. The maximum Gasteiger partial charge on any atom is 0.224 e. The molecule has 0 aliphatic carbocycles. The Morgan fingerprint density at radius 1 is 1.50 bits per heavy atom. The van der Waals surface area contributed by atoms with E-state index in [1.807, 2.05) is 0 Å². The summed E-state index contributed by atoms with van der Waals surface area (Å²) in [6, 6.07) is 0.318. The van der Waals surface area contributed by atoms with Gasteiger partial charge in [-0.3, -0.25) is 4.79 Å². The SMILES string of the molecule is CCC(C)(C)CNC(=O)C1CCCNC1C. The minimum atomic E-state index is 0.154. The van der Waals surface area contributed by atoms with Gasteiger partial charge in [-0.15, -0.1) is 0 Å². The molecular formula is C13H26N2O. The molecule has 2 atom stereocenters. The van der Waals surface area contributed by atoms with E-state index in [2.05, 4.69) is 38.3 Å². The first-order valence-electron chi connectivity index (χ1n) is 6.47. The number of piperidine rings is 1. The van der Waals surface area contributed by atoms with E-state index in [9.17, 15) is 4.79 Å². The molecule has 0 saturated carbocycles. The summed E-state index contributed by atoms with van der Waals surface area (Å²) in [5, 5.41) is 6.46. The summed E-state index contributed by atoms with van der Waals surface area (Å²) in [4.78, 5) is 12.0. The highest BCUT2D eigenvalue weighted by Crippen LogP contribution is 2.20. The Morgan fingerprint density at radius 3 is 2.75 bits per heavy atom. The predicted molar refractivity (Wildman–Crippen MR) is 67.3 cm³/mol. The van der Waals surface area contributed by atoms with E-state index in [1.54, 1.807) is 0 Å². The van der Waals surface area contributed by atoms with E-state index in [0.717, 1.165) is 32.4 Å². The lowest BCUT2D eigenvalue weighted by molar-refractivity contribution is -0.127. The van der Waals surface area contributed by atoms with Crippen LogP contribution in [-0.4, -0.2) is 25.0 Å². The van der Waals surface area contributed by atoms with Crippen LogP contribution in [0.4, 0.5) is 0 Å². The predicted octanol–water partition coefficient (Wildman–Crippen LogP) is 1.93. The summed E-state index contributed by atoms with van der Waals surface area (Å²) < 4.78 is 0. The number of hydrogen-bond donors (Lipinski definition) is 2. The van der Waals surface area contributed by atoms with Gasteiger partial charge in [0.2, 0.25) is 5.91 Å². The van der Waals surface area contributed by atoms with Gasteiger partial charge in [-0.1, -0.05) is 20.8 Å². The topological polar surface area (TPSA) is 41.1 Å². The zero-order valence-corrected chi connectivity index (χ0v) is 11.1. The van der Waals surface area contributed by atoms with Crippen molar-refractivity contribution in [2.75, 3.05) is 13.1 Å². The maximum absolute atomic E-state index is 12.0. The lowest BCUT2D eigenvalue weighted by Gasteiger charge is -2.30. The molecule has 94 valence electrons. The molecule has 1 heterocycles. The van der Waals surface area contributed by atoms with Crippen LogP contribution in [0.15, 0.2) is 0 Å². The summed E-state index contributed by atoms with van der Waals surface area (Å²) in [6.45, 7) is 10.5. The molecule has 0 radical (unpaired) electrons. The fourth-order valence-electron chi connectivity index (χ4n) is 1.98. The number of carbonyl (C=O) groups is 1. The molecule has 1 saturated heterocycles. The van der Waals surface area contributed by atoms with Gasteiger partial charge >= 0.3 is 0 Å². The highest BCUT2D eigenvalue weighted by molar-refractivity contribution is 5.79. The quantitative estimate of drug-likeness (QED) is 0.769. The smallest absolute Gasteiger partial charge is 0.224 e. The molecule has 1 fully saturated rings. The molecule has 16 heavy (non-hydrogen) atoms. The monoisotopic (exact) mass is 226 g/mol. The van der Waals surface area contributed by atoms with Crippen LogP contribution in [0.1, 0.15) is 47.0 Å². The standard InChI is InChI=1S/C13H26N2O/c1-5-13(3,4)9-15-12(16)11-7-6-8-14-10(11)2/h10-11,14H,5-9H2,1-4H3,(H,15,16). The molecule has 0 aromatic carbocycles. The molecule has 0 spiro atoms. The fourth-order valence-corrected chi connectivity index (χ4v) is 1.98. The molecule has 0 aromatic rings. The van der Waals surface area contributed by atoms with E-state index in [0.29, 0.717) is 6.04 Å². The number of rotatable bonds is 4. The molecule has 1 amide bonds. The highest BCUT2D eigenvalue weighted by Gasteiger charge is 2.28. The van der Waals surface area contributed by atoms with Crippen molar-refractivity contribution in [1.29, 1.82) is 0 Å². The average Bonchev–Trinajstić information content (AvgIpc) is 2.27. The van der Waals surface area contributed by atoms with Crippen LogP contribution < -0.4 is 10.6 Å². The number of amides is 1. The Bertz CT molecular complexity index is 238. The Balaban J connectivity index is 2.39. The van der Waals surface area contributed by atoms with E-state index >= 15 is 0 Å². The Morgan fingerprint density at radius 2 is 2.19 bits per heavy atom. The van der Waals surface area contributed by atoms with E-state index < -0.39 is 0 Å². The molecule has 1 aliphatic rings. The van der Waals surface area contributed by atoms with Crippen LogP contribution in [0.25, 0.3) is 0 Å². The van der Waals surface area contributed by atoms with E-state index in [-0.39, 0.29) is 17.2 Å². The van der Waals surface area contributed by atoms with Crippen LogP contribution in [0, 0.1) is 11.3 Å². The highest BCUT2D eigenvalue weighted by atomic mass is 16.1. The first-order chi connectivity index (χ1) is 7.46. The number of carbonyl (C=O) groups excluding carboxylic acids is 1. The van der Waals surface area contributed by atoms with Crippen LogP contribution in [-0.2, 0) is 4.79 Å². The molecular weight excluding hydrogens is 200 g/mol. The van der Waals surface area contributed by atoms with Crippen molar-refractivity contribution in [3.63, 3.8) is 0 Å². The van der Waals surface area contributed by atoms with Crippen molar-refractivity contribution in [2.45, 2.75) is 53.0 Å². The van der Waals surface area contributed by atoms with Crippen LogP contribution in [0.5, 0.6) is 0 Å². The van der Waals surface area contributed by atoms with Crippen molar-refractivity contribution in [3.05, 3.63) is 0 Å². The summed E-state index contributed by atoms with van der Waals surface area (Å²) in [6.07, 6.45) is 3.22. The molecule has 2 unspecified atom stereocenters. The van der Waals surface area contributed by atoms with Crippen molar-refractivity contribution in [2.24, 2.45) is 11.3 Å². The lowest BCUT2D eigenvalue weighted by atomic mass is 9.88. The van der Waals surface area contributed by atoms with Gasteiger partial charge in [0.15, 0.2) is 0 Å². The minimum Gasteiger partial charge on any atom is -0.355 e. The molecule has 0 bridgehead atoms. The summed E-state index contributed by atoms with van der Waals surface area (Å²) in [5.74, 6) is 0.377. The summed E-state index contributed by atoms with van der Waals surface area (Å²) >= 11 is 0. The number of hydrogen-bond acceptors (Lipinski definition) is 2. The minimum absolute atomic E-state index is 0.154. The van der Waals surface area contributed by atoms with Gasteiger partial charge in [0, 0.05) is 12.6 Å². The van der Waals surface area contributed by atoms with Gasteiger partial charge in [-0.2, -0.15) is 0 Å². The Kier molecular flexibility index (Phi) is 4.78. The summed E-state index contributed by atoms with van der Waals surface area (Å²) in [7, 11) is 0. The lowest BCUT2D eigenvalue weighted by Crippen LogP contribution is -2.48. The van der Waals surface area contributed by atoms with E-state index in [4.69, 9.17) is 0 Å². The van der Waals surface area contributed by atoms with Crippen LogP contribution in [0.3, 0.4) is 0 Å². The zero-order chi connectivity index (χ0) is 12.2. The second kappa shape index (κ2) is 5.67. The normalized spacial score (nSPS) is 26.5. The van der Waals surface area contributed by atoms with Gasteiger partial charge in [-0.05, 0) is 38.1 Å². The fraction of sp³-hybridized carbons (Fsp3) is 0.923. The van der Waals surface area contributed by atoms with Gasteiger partial charge < -0.3 is 10.6 Å². The molecule has 3 heteroatoms. The molecule has 3 nitrogen and oxygen atoms in total. The Labute approximate surface area is 99.4 Å². The summed E-state index contributed by atoms with van der Waals surface area (Å²) in [5.41, 5.74) is 0.209. The maximum atomic E-state index is 12.0. The van der Waals surface area contributed by atoms with Crippen molar-refractivity contribution < 1.29 is 4.79 Å². The second-order valence-corrected chi connectivity index (χ2v) is 5.73. The van der Waals surface area contributed by atoms with Crippen LogP contribution >= 0.6 is 0 Å². The Hall–Kier alpha value is -0.570. The van der Waals surface area contributed by atoms with Gasteiger partial charge in [-0.25, -0.2) is 0 Å². The molecule has 1 rings (SSSR count).